The van der Waals surface area contributed by atoms with Gasteiger partial charge in [0.05, 0.1) is 9.79 Å². The van der Waals surface area contributed by atoms with E-state index in [0.29, 0.717) is 5.92 Å². The van der Waals surface area contributed by atoms with Crippen LogP contribution >= 0.6 is 0 Å². The molecule has 32 heavy (non-hydrogen) atoms. The average Bonchev–Trinajstić information content (AvgIpc) is 2.79. The Kier molecular flexibility index (Phi) is 6.40. The van der Waals surface area contributed by atoms with E-state index in [0.717, 1.165) is 22.8 Å². The molecule has 3 aromatic carbocycles. The van der Waals surface area contributed by atoms with Crippen molar-refractivity contribution in [3.05, 3.63) is 72.3 Å². The highest BCUT2D eigenvalue weighted by Gasteiger charge is 2.33. The van der Waals surface area contributed by atoms with Crippen LogP contribution in [0.3, 0.4) is 0 Å². The second-order valence-corrected chi connectivity index (χ2v) is 12.4. The van der Waals surface area contributed by atoms with Gasteiger partial charge in [0.15, 0.2) is 0 Å². The zero-order valence-electron chi connectivity index (χ0n) is 18.3. The lowest BCUT2D eigenvalue weighted by molar-refractivity contribution is 0.273. The first kappa shape index (κ1) is 22.9. The smallest absolute Gasteiger partial charge is 0.207 e. The molecule has 1 heterocycles. The molecule has 0 radical (unpaired) electrons. The second-order valence-electron chi connectivity index (χ2n) is 8.56. The minimum atomic E-state index is -3.69. The molecule has 0 N–H and O–H groups in total. The van der Waals surface area contributed by atoms with Crippen LogP contribution in [0.15, 0.2) is 76.5 Å². The third kappa shape index (κ3) is 4.59. The Hall–Kier alpha value is -2.26. The highest BCUT2D eigenvalue weighted by atomic mass is 32.2. The first-order chi connectivity index (χ1) is 15.2. The number of rotatable bonds is 6. The van der Waals surface area contributed by atoms with E-state index in [-0.39, 0.29) is 36.0 Å². The van der Waals surface area contributed by atoms with Gasteiger partial charge in [0.25, 0.3) is 0 Å². The van der Waals surface area contributed by atoms with Crippen molar-refractivity contribution in [3.8, 4) is 0 Å². The van der Waals surface area contributed by atoms with Gasteiger partial charge in [0, 0.05) is 26.2 Å². The minimum Gasteiger partial charge on any atom is -0.207 e. The Bertz CT molecular complexity index is 1310. The third-order valence-electron chi connectivity index (χ3n) is 5.76. The maximum absolute atomic E-state index is 13.1. The van der Waals surface area contributed by atoms with Gasteiger partial charge < -0.3 is 0 Å². The van der Waals surface area contributed by atoms with Crippen molar-refractivity contribution in [1.82, 2.24) is 8.61 Å². The summed E-state index contributed by atoms with van der Waals surface area (Å²) in [6.45, 7) is 4.75. The molecule has 4 rings (SSSR count). The fraction of sp³-hybridized carbons (Fsp3) is 0.333. The summed E-state index contributed by atoms with van der Waals surface area (Å²) in [5.74, 6) is 0.495. The second kappa shape index (κ2) is 8.94. The first-order valence-electron chi connectivity index (χ1n) is 10.8. The van der Waals surface area contributed by atoms with Gasteiger partial charge in [-0.2, -0.15) is 8.61 Å². The molecule has 0 aliphatic carbocycles. The van der Waals surface area contributed by atoms with Gasteiger partial charge in [-0.1, -0.05) is 56.3 Å². The molecule has 0 bridgehead atoms. The van der Waals surface area contributed by atoms with Gasteiger partial charge in [-0.3, -0.25) is 0 Å². The van der Waals surface area contributed by atoms with Gasteiger partial charge >= 0.3 is 0 Å². The predicted molar refractivity (Wildman–Crippen MR) is 126 cm³/mol. The Morgan fingerprint density at radius 3 is 1.75 bits per heavy atom. The molecule has 1 aliphatic rings. The van der Waals surface area contributed by atoms with Gasteiger partial charge in [-0.25, -0.2) is 16.8 Å². The largest absolute Gasteiger partial charge is 0.243 e. The maximum atomic E-state index is 13.1. The summed E-state index contributed by atoms with van der Waals surface area (Å²) in [6, 6.07) is 19.7. The van der Waals surface area contributed by atoms with Crippen LogP contribution in [-0.4, -0.2) is 51.6 Å². The standard InChI is InChI=1S/C24H28N2O4S2/c1-19(2)17-20-7-10-23(11-8-20)31(27,28)25-13-15-26(16-14-25)32(29,30)24-12-9-21-5-3-4-6-22(21)18-24/h3-12,18-19H,13-17H2,1-2H3. The van der Waals surface area contributed by atoms with Crippen molar-refractivity contribution in [2.24, 2.45) is 5.92 Å². The number of benzene rings is 3. The van der Waals surface area contributed by atoms with Gasteiger partial charge in [-0.15, -0.1) is 0 Å². The quantitative estimate of drug-likeness (QED) is 0.548. The Labute approximate surface area is 190 Å². The number of sulfonamides is 2. The van der Waals surface area contributed by atoms with Crippen LogP contribution in [0.5, 0.6) is 0 Å². The van der Waals surface area contributed by atoms with Crippen LogP contribution in [0.25, 0.3) is 10.8 Å². The van der Waals surface area contributed by atoms with Crippen molar-refractivity contribution in [2.75, 3.05) is 26.2 Å². The van der Waals surface area contributed by atoms with Crippen LogP contribution in [0.1, 0.15) is 19.4 Å². The fourth-order valence-corrected chi connectivity index (χ4v) is 6.93. The minimum absolute atomic E-state index is 0.125. The summed E-state index contributed by atoms with van der Waals surface area (Å²) in [4.78, 5) is 0.476. The van der Waals surface area contributed by atoms with Crippen molar-refractivity contribution in [2.45, 2.75) is 30.1 Å². The summed E-state index contributed by atoms with van der Waals surface area (Å²) >= 11 is 0. The summed E-state index contributed by atoms with van der Waals surface area (Å²) in [6.07, 6.45) is 0.894. The number of nitrogens with zero attached hydrogens (tertiary/aromatic N) is 2. The molecular weight excluding hydrogens is 444 g/mol. The highest BCUT2D eigenvalue weighted by Crippen LogP contribution is 2.25. The molecule has 8 heteroatoms. The monoisotopic (exact) mass is 472 g/mol. The van der Waals surface area contributed by atoms with Crippen LogP contribution in [0.4, 0.5) is 0 Å². The molecule has 3 aromatic rings. The molecule has 1 aliphatic heterocycles. The molecule has 0 aromatic heterocycles. The number of hydrogen-bond donors (Lipinski definition) is 0. The predicted octanol–water partition coefficient (Wildman–Crippen LogP) is 3.73. The Balaban J connectivity index is 1.47. The molecule has 0 spiro atoms. The van der Waals surface area contributed by atoms with E-state index in [1.165, 1.54) is 8.61 Å². The summed E-state index contributed by atoms with van der Waals surface area (Å²) in [5, 5.41) is 1.83. The van der Waals surface area contributed by atoms with E-state index in [1.807, 2.05) is 36.4 Å². The van der Waals surface area contributed by atoms with E-state index >= 15 is 0 Å². The van der Waals surface area contributed by atoms with Crippen molar-refractivity contribution < 1.29 is 16.8 Å². The summed E-state index contributed by atoms with van der Waals surface area (Å²) in [7, 11) is -7.35. The average molecular weight is 473 g/mol. The normalized spacial score (nSPS) is 16.6. The fourth-order valence-electron chi connectivity index (χ4n) is 4.05. The topological polar surface area (TPSA) is 74.8 Å². The van der Waals surface area contributed by atoms with E-state index in [2.05, 4.69) is 13.8 Å². The molecule has 170 valence electrons. The van der Waals surface area contributed by atoms with Crippen LogP contribution in [0, 0.1) is 5.92 Å². The van der Waals surface area contributed by atoms with Crippen LogP contribution in [0.2, 0.25) is 0 Å². The molecule has 1 fully saturated rings. The van der Waals surface area contributed by atoms with Gasteiger partial charge in [0.1, 0.15) is 0 Å². The lowest BCUT2D eigenvalue weighted by Gasteiger charge is -2.33. The lowest BCUT2D eigenvalue weighted by Crippen LogP contribution is -2.50. The maximum Gasteiger partial charge on any atom is 0.243 e. The highest BCUT2D eigenvalue weighted by molar-refractivity contribution is 7.89. The molecule has 0 amide bonds. The molecule has 0 saturated carbocycles. The van der Waals surface area contributed by atoms with E-state index in [9.17, 15) is 16.8 Å². The number of hydrogen-bond acceptors (Lipinski definition) is 4. The number of fused-ring (bicyclic) bond motifs is 1. The Morgan fingerprint density at radius 1 is 0.688 bits per heavy atom. The van der Waals surface area contributed by atoms with Crippen molar-refractivity contribution in [3.63, 3.8) is 0 Å². The summed E-state index contributed by atoms with van der Waals surface area (Å²) < 4.78 is 55.1. The molecule has 0 unspecified atom stereocenters. The zero-order valence-corrected chi connectivity index (χ0v) is 19.9. The zero-order chi connectivity index (χ0) is 22.9. The molecule has 0 atom stereocenters. The number of piperazine rings is 1. The van der Waals surface area contributed by atoms with Crippen molar-refractivity contribution in [1.29, 1.82) is 0 Å². The lowest BCUT2D eigenvalue weighted by atomic mass is 10.0. The van der Waals surface area contributed by atoms with Crippen molar-refractivity contribution >= 4 is 30.8 Å². The van der Waals surface area contributed by atoms with Gasteiger partial charge in [0.2, 0.25) is 20.0 Å². The van der Waals surface area contributed by atoms with E-state index < -0.39 is 20.0 Å². The van der Waals surface area contributed by atoms with E-state index in [4.69, 9.17) is 0 Å². The summed E-state index contributed by atoms with van der Waals surface area (Å²) in [5.41, 5.74) is 1.10. The van der Waals surface area contributed by atoms with Gasteiger partial charge in [-0.05, 0) is 52.9 Å². The molecular formula is C24H28N2O4S2. The van der Waals surface area contributed by atoms with Crippen LogP contribution < -0.4 is 0 Å². The van der Waals surface area contributed by atoms with E-state index in [1.54, 1.807) is 30.3 Å². The first-order valence-corrected chi connectivity index (χ1v) is 13.6. The molecule has 6 nitrogen and oxygen atoms in total. The molecule has 1 saturated heterocycles. The SMILES string of the molecule is CC(C)Cc1ccc(S(=O)(=O)N2CCN(S(=O)(=O)c3ccc4ccccc4c3)CC2)cc1. The third-order valence-corrected chi connectivity index (χ3v) is 9.57. The Morgan fingerprint density at radius 2 is 1.19 bits per heavy atom. The van der Waals surface area contributed by atoms with Crippen LogP contribution in [-0.2, 0) is 26.5 Å².